The second-order valence-corrected chi connectivity index (χ2v) is 6.35. The van der Waals surface area contributed by atoms with E-state index in [0.717, 1.165) is 30.2 Å². The van der Waals surface area contributed by atoms with Gasteiger partial charge in [0.05, 0.1) is 4.92 Å². The van der Waals surface area contributed by atoms with Gasteiger partial charge in [-0.25, -0.2) is 9.97 Å². The van der Waals surface area contributed by atoms with Gasteiger partial charge in [-0.2, -0.15) is 0 Å². The Balaban J connectivity index is 1.91. The predicted octanol–water partition coefficient (Wildman–Crippen LogP) is 4.25. The molecule has 1 heterocycles. The highest BCUT2D eigenvalue weighted by Gasteiger charge is 2.26. The molecule has 0 radical (unpaired) electrons. The fourth-order valence-corrected chi connectivity index (χ4v) is 3.11. The van der Waals surface area contributed by atoms with Crippen molar-refractivity contribution in [3.63, 3.8) is 0 Å². The molecule has 1 aromatic heterocycles. The lowest BCUT2D eigenvalue weighted by Gasteiger charge is -2.14. The third-order valence-corrected chi connectivity index (χ3v) is 4.28. The Morgan fingerprint density at radius 2 is 1.96 bits per heavy atom. The zero-order valence-electron chi connectivity index (χ0n) is 12.3. The molecule has 0 unspecified atom stereocenters. The van der Waals surface area contributed by atoms with E-state index in [1.807, 2.05) is 24.3 Å². The minimum absolute atomic E-state index is 0.126. The summed E-state index contributed by atoms with van der Waals surface area (Å²) in [5, 5.41) is 17.7. The van der Waals surface area contributed by atoms with Crippen LogP contribution in [0.2, 0.25) is 0 Å². The highest BCUT2D eigenvalue weighted by Crippen LogP contribution is 2.33. The first-order valence-electron chi connectivity index (χ1n) is 7.42. The van der Waals surface area contributed by atoms with Gasteiger partial charge in [-0.05, 0) is 31.0 Å². The van der Waals surface area contributed by atoms with Gasteiger partial charge in [0, 0.05) is 16.2 Å². The highest BCUT2D eigenvalue weighted by molar-refractivity contribution is 9.10. The molecule has 8 heteroatoms. The Morgan fingerprint density at radius 3 is 2.65 bits per heavy atom. The van der Waals surface area contributed by atoms with Gasteiger partial charge in [-0.15, -0.1) is 0 Å². The molecule has 3 rings (SSSR count). The molecule has 1 fully saturated rings. The zero-order valence-corrected chi connectivity index (χ0v) is 13.9. The molecular weight excluding hydrogens is 362 g/mol. The van der Waals surface area contributed by atoms with E-state index in [-0.39, 0.29) is 23.4 Å². The molecule has 23 heavy (non-hydrogen) atoms. The molecule has 0 saturated heterocycles. The maximum Gasteiger partial charge on any atom is 0.353 e. The van der Waals surface area contributed by atoms with Gasteiger partial charge in [0.25, 0.3) is 0 Å². The first-order valence-corrected chi connectivity index (χ1v) is 8.21. The lowest BCUT2D eigenvalue weighted by Crippen LogP contribution is -2.17. The maximum absolute atomic E-state index is 11.5. The number of rotatable bonds is 5. The number of nitrogens with one attached hydrogen (secondary N) is 2. The molecule has 7 nitrogen and oxygen atoms in total. The van der Waals surface area contributed by atoms with Crippen LogP contribution in [0.5, 0.6) is 0 Å². The SMILES string of the molecule is O=[N+]([O-])c1c(Nc2cccc(Br)c2)ncnc1NC1CCCC1. The zero-order chi connectivity index (χ0) is 16.2. The number of benzene rings is 1. The Hall–Kier alpha value is -2.22. The topological polar surface area (TPSA) is 93.0 Å². The number of hydrogen-bond acceptors (Lipinski definition) is 6. The molecule has 1 aliphatic carbocycles. The number of halogens is 1. The van der Waals surface area contributed by atoms with E-state index in [9.17, 15) is 10.1 Å². The van der Waals surface area contributed by atoms with Crippen LogP contribution in [0.25, 0.3) is 0 Å². The summed E-state index contributed by atoms with van der Waals surface area (Å²) < 4.78 is 0.878. The number of aromatic nitrogens is 2. The molecule has 2 N–H and O–H groups in total. The van der Waals surface area contributed by atoms with Crippen molar-refractivity contribution in [1.82, 2.24) is 9.97 Å². The summed E-state index contributed by atoms with van der Waals surface area (Å²) in [6.07, 6.45) is 5.63. The van der Waals surface area contributed by atoms with Crippen LogP contribution in [-0.4, -0.2) is 20.9 Å². The summed E-state index contributed by atoms with van der Waals surface area (Å²) in [5.41, 5.74) is 0.590. The summed E-state index contributed by atoms with van der Waals surface area (Å²) in [6, 6.07) is 7.61. The van der Waals surface area contributed by atoms with Crippen molar-refractivity contribution in [2.24, 2.45) is 0 Å². The maximum atomic E-state index is 11.5. The number of nitro groups is 1. The normalized spacial score (nSPS) is 14.7. The molecule has 0 aliphatic heterocycles. The lowest BCUT2D eigenvalue weighted by atomic mass is 10.2. The van der Waals surface area contributed by atoms with Gasteiger partial charge in [-0.1, -0.05) is 34.8 Å². The van der Waals surface area contributed by atoms with Gasteiger partial charge in [0.1, 0.15) is 6.33 Å². The fraction of sp³-hybridized carbons (Fsp3) is 0.333. The Kier molecular flexibility index (Phi) is 4.71. The number of anilines is 3. The second-order valence-electron chi connectivity index (χ2n) is 5.44. The first-order chi connectivity index (χ1) is 11.1. The van der Waals surface area contributed by atoms with Gasteiger partial charge >= 0.3 is 5.69 Å². The van der Waals surface area contributed by atoms with Gasteiger partial charge in [0.15, 0.2) is 0 Å². The monoisotopic (exact) mass is 377 g/mol. The average molecular weight is 378 g/mol. The first kappa shape index (κ1) is 15.7. The summed E-state index contributed by atoms with van der Waals surface area (Å²) in [6.45, 7) is 0. The molecule has 0 bridgehead atoms. The smallest absolute Gasteiger partial charge is 0.353 e. The fourth-order valence-electron chi connectivity index (χ4n) is 2.72. The molecule has 1 aliphatic rings. The highest BCUT2D eigenvalue weighted by atomic mass is 79.9. The minimum Gasteiger partial charge on any atom is -0.361 e. The van der Waals surface area contributed by atoms with Crippen molar-refractivity contribution in [3.8, 4) is 0 Å². The molecule has 0 amide bonds. The summed E-state index contributed by atoms with van der Waals surface area (Å²) in [4.78, 5) is 19.2. The van der Waals surface area contributed by atoms with Crippen molar-refractivity contribution in [2.45, 2.75) is 31.7 Å². The Labute approximate surface area is 141 Å². The van der Waals surface area contributed by atoms with Crippen molar-refractivity contribution >= 4 is 38.9 Å². The van der Waals surface area contributed by atoms with Gasteiger partial charge in [-0.3, -0.25) is 10.1 Å². The Morgan fingerprint density at radius 1 is 1.22 bits per heavy atom. The Bertz CT molecular complexity index is 719. The van der Waals surface area contributed by atoms with Crippen molar-refractivity contribution in [1.29, 1.82) is 0 Å². The van der Waals surface area contributed by atoms with E-state index >= 15 is 0 Å². The van der Waals surface area contributed by atoms with Crippen LogP contribution < -0.4 is 10.6 Å². The van der Waals surface area contributed by atoms with Crippen LogP contribution in [0.1, 0.15) is 25.7 Å². The van der Waals surface area contributed by atoms with Crippen LogP contribution in [0.15, 0.2) is 35.1 Å². The minimum atomic E-state index is -0.447. The average Bonchev–Trinajstić information content (AvgIpc) is 3.00. The van der Waals surface area contributed by atoms with Crippen LogP contribution >= 0.6 is 15.9 Å². The quantitative estimate of drug-likeness (QED) is 0.597. The van der Waals surface area contributed by atoms with Crippen molar-refractivity contribution in [3.05, 3.63) is 45.2 Å². The van der Waals surface area contributed by atoms with Crippen LogP contribution in [0.3, 0.4) is 0 Å². The number of hydrogen-bond donors (Lipinski definition) is 2. The third kappa shape index (κ3) is 3.76. The lowest BCUT2D eigenvalue weighted by molar-refractivity contribution is -0.383. The molecule has 120 valence electrons. The van der Waals surface area contributed by atoms with Crippen LogP contribution in [0, 0.1) is 10.1 Å². The van der Waals surface area contributed by atoms with Crippen molar-refractivity contribution < 1.29 is 4.92 Å². The molecule has 2 aromatic rings. The van der Waals surface area contributed by atoms with E-state index in [1.54, 1.807) is 0 Å². The second kappa shape index (κ2) is 6.91. The summed E-state index contributed by atoms with van der Waals surface area (Å²) in [5.74, 6) is 0.456. The summed E-state index contributed by atoms with van der Waals surface area (Å²) in [7, 11) is 0. The standard InChI is InChI=1S/C15H16BrN5O2/c16-10-4-3-7-12(8-10)20-15-13(21(22)23)14(17-9-18-15)19-11-5-1-2-6-11/h3-4,7-9,11H,1-2,5-6H2,(H2,17,18,19,20). The third-order valence-electron chi connectivity index (χ3n) is 3.79. The molecule has 0 atom stereocenters. The van der Waals surface area contributed by atoms with Crippen LogP contribution in [0.4, 0.5) is 23.0 Å². The van der Waals surface area contributed by atoms with E-state index in [2.05, 4.69) is 36.5 Å². The molecule has 0 spiro atoms. The van der Waals surface area contributed by atoms with E-state index in [1.165, 1.54) is 6.33 Å². The van der Waals surface area contributed by atoms with E-state index in [0.29, 0.717) is 5.69 Å². The molecule has 1 saturated carbocycles. The summed E-state index contributed by atoms with van der Waals surface area (Å²) >= 11 is 3.38. The predicted molar refractivity (Wildman–Crippen MR) is 92.0 cm³/mol. The van der Waals surface area contributed by atoms with E-state index in [4.69, 9.17) is 0 Å². The van der Waals surface area contributed by atoms with Gasteiger partial charge < -0.3 is 10.6 Å². The van der Waals surface area contributed by atoms with Crippen LogP contribution in [-0.2, 0) is 0 Å². The van der Waals surface area contributed by atoms with Crippen molar-refractivity contribution in [2.75, 3.05) is 10.6 Å². The van der Waals surface area contributed by atoms with Gasteiger partial charge in [0.2, 0.25) is 11.6 Å². The van der Waals surface area contributed by atoms with E-state index < -0.39 is 4.92 Å². The molecular formula is C15H16BrN5O2. The number of nitrogens with zero attached hydrogens (tertiary/aromatic N) is 3. The molecule has 1 aromatic carbocycles. The largest absolute Gasteiger partial charge is 0.361 e.